The number of allylic oxidation sites excluding steroid dienone is 1. The molecule has 0 saturated carbocycles. The zero-order valence-electron chi connectivity index (χ0n) is 7.04. The minimum Gasteiger partial charge on any atom is -0.265 e. The maximum atomic E-state index is 3.96. The Hall–Kier alpha value is -1.11. The lowest BCUT2D eigenvalue weighted by Gasteiger charge is -2.09. The largest absolute Gasteiger partial charge is 0.265 e. The maximum absolute atomic E-state index is 3.96. The van der Waals surface area contributed by atoms with Gasteiger partial charge in [0, 0.05) is 18.3 Å². The summed E-state index contributed by atoms with van der Waals surface area (Å²) in [7, 11) is 0. The van der Waals surface area contributed by atoms with Crippen molar-refractivity contribution >= 4 is 0 Å². The number of hydrogen-bond acceptors (Lipinski definition) is 1. The van der Waals surface area contributed by atoms with E-state index in [1.807, 2.05) is 31.5 Å². The molecule has 1 rings (SSSR count). The highest BCUT2D eigenvalue weighted by molar-refractivity contribution is 5.23. The second-order valence-corrected chi connectivity index (χ2v) is 2.85. The molecule has 0 radical (unpaired) electrons. The van der Waals surface area contributed by atoms with E-state index in [0.29, 0.717) is 5.92 Å². The first-order valence-electron chi connectivity index (χ1n) is 3.77. The molecule has 0 fully saturated rings. The van der Waals surface area contributed by atoms with Crippen molar-refractivity contribution in [2.45, 2.75) is 19.8 Å². The van der Waals surface area contributed by atoms with Crippen LogP contribution >= 0.6 is 0 Å². The van der Waals surface area contributed by atoms with Gasteiger partial charge in [-0.05, 0) is 24.6 Å². The molecule has 0 N–H and O–H groups in total. The van der Waals surface area contributed by atoms with Crippen molar-refractivity contribution < 1.29 is 0 Å². The fraction of sp³-hybridized carbons (Fsp3) is 0.300. The molecule has 11 heavy (non-hydrogen) atoms. The molecule has 1 nitrogen and oxygen atoms in total. The average molecular weight is 147 g/mol. The van der Waals surface area contributed by atoms with E-state index < -0.39 is 0 Å². The van der Waals surface area contributed by atoms with Gasteiger partial charge in [-0.3, -0.25) is 4.98 Å². The molecular weight excluding hydrogens is 134 g/mol. The van der Waals surface area contributed by atoms with Gasteiger partial charge in [0.15, 0.2) is 0 Å². The number of rotatable bonds is 2. The lowest BCUT2D eigenvalue weighted by molar-refractivity contribution is 0.895. The molecule has 0 aromatic carbocycles. The summed E-state index contributed by atoms with van der Waals surface area (Å²) in [6.45, 7) is 8.11. The quantitative estimate of drug-likeness (QED) is 0.586. The highest BCUT2D eigenvalue weighted by atomic mass is 14.6. The second kappa shape index (κ2) is 3.33. The Morgan fingerprint density at radius 1 is 1.45 bits per heavy atom. The zero-order valence-corrected chi connectivity index (χ0v) is 7.04. The molecular formula is C10H13N. The van der Waals surface area contributed by atoms with Gasteiger partial charge in [-0.25, -0.2) is 0 Å². The summed E-state index contributed by atoms with van der Waals surface area (Å²) in [5.41, 5.74) is 2.48. The standard InChI is InChI=1S/C10H13N/c1-8(2)9(3)10-4-6-11-7-5-10/h4-7,9H,1H2,2-3H3. The van der Waals surface area contributed by atoms with Crippen LogP contribution in [0.2, 0.25) is 0 Å². The highest BCUT2D eigenvalue weighted by Gasteiger charge is 2.03. The first kappa shape index (κ1) is 7.99. The number of aromatic nitrogens is 1. The van der Waals surface area contributed by atoms with E-state index in [9.17, 15) is 0 Å². The van der Waals surface area contributed by atoms with Gasteiger partial charge in [0.1, 0.15) is 0 Å². The molecule has 0 spiro atoms. The predicted molar refractivity (Wildman–Crippen MR) is 47.5 cm³/mol. The van der Waals surface area contributed by atoms with Crippen molar-refractivity contribution in [1.29, 1.82) is 0 Å². The van der Waals surface area contributed by atoms with Crippen molar-refractivity contribution in [3.8, 4) is 0 Å². The molecule has 0 aliphatic rings. The van der Waals surface area contributed by atoms with Crippen molar-refractivity contribution in [2.75, 3.05) is 0 Å². The molecule has 1 heterocycles. The fourth-order valence-corrected chi connectivity index (χ4v) is 0.937. The van der Waals surface area contributed by atoms with Crippen molar-refractivity contribution in [2.24, 2.45) is 0 Å². The molecule has 0 aliphatic heterocycles. The lowest BCUT2D eigenvalue weighted by Crippen LogP contribution is -1.93. The Kier molecular flexibility index (Phi) is 2.42. The van der Waals surface area contributed by atoms with Gasteiger partial charge >= 0.3 is 0 Å². The van der Waals surface area contributed by atoms with Crippen molar-refractivity contribution in [3.05, 3.63) is 42.2 Å². The Morgan fingerprint density at radius 3 is 2.45 bits per heavy atom. The van der Waals surface area contributed by atoms with Crippen LogP contribution in [0.25, 0.3) is 0 Å². The van der Waals surface area contributed by atoms with Crippen LogP contribution < -0.4 is 0 Å². The Bertz CT molecular complexity index is 238. The van der Waals surface area contributed by atoms with Gasteiger partial charge in [0.05, 0.1) is 0 Å². The summed E-state index contributed by atoms with van der Waals surface area (Å²) < 4.78 is 0. The van der Waals surface area contributed by atoms with Crippen molar-refractivity contribution in [3.63, 3.8) is 0 Å². The van der Waals surface area contributed by atoms with E-state index in [4.69, 9.17) is 0 Å². The van der Waals surface area contributed by atoms with Crippen LogP contribution in [-0.4, -0.2) is 4.98 Å². The van der Waals surface area contributed by atoms with E-state index in [1.54, 1.807) is 0 Å². The number of hydrogen-bond donors (Lipinski definition) is 0. The summed E-state index contributed by atoms with van der Waals surface area (Å²) in [4.78, 5) is 3.96. The van der Waals surface area contributed by atoms with Gasteiger partial charge in [-0.1, -0.05) is 19.1 Å². The molecule has 0 bridgehead atoms. The lowest BCUT2D eigenvalue weighted by atomic mass is 9.96. The first-order valence-corrected chi connectivity index (χ1v) is 3.77. The van der Waals surface area contributed by atoms with Gasteiger partial charge in [-0.2, -0.15) is 0 Å². The second-order valence-electron chi connectivity index (χ2n) is 2.85. The molecule has 58 valence electrons. The molecule has 0 saturated heterocycles. The molecule has 1 atom stereocenters. The number of nitrogens with zero attached hydrogens (tertiary/aromatic N) is 1. The predicted octanol–water partition coefficient (Wildman–Crippen LogP) is 2.76. The van der Waals surface area contributed by atoms with Crippen LogP contribution in [-0.2, 0) is 0 Å². The fourth-order valence-electron chi connectivity index (χ4n) is 0.937. The van der Waals surface area contributed by atoms with E-state index >= 15 is 0 Å². The molecule has 1 aromatic heterocycles. The summed E-state index contributed by atoms with van der Waals surface area (Å²) in [6.07, 6.45) is 3.63. The van der Waals surface area contributed by atoms with Crippen LogP contribution in [0.1, 0.15) is 25.3 Å². The summed E-state index contributed by atoms with van der Waals surface area (Å²) >= 11 is 0. The van der Waals surface area contributed by atoms with Gasteiger partial charge in [0.25, 0.3) is 0 Å². The smallest absolute Gasteiger partial charge is 0.0270 e. The maximum Gasteiger partial charge on any atom is 0.0270 e. The van der Waals surface area contributed by atoms with E-state index in [-0.39, 0.29) is 0 Å². The van der Waals surface area contributed by atoms with E-state index in [1.165, 1.54) is 11.1 Å². The third-order valence-electron chi connectivity index (χ3n) is 1.95. The molecule has 1 heteroatoms. The van der Waals surface area contributed by atoms with Crippen LogP contribution in [0, 0.1) is 0 Å². The minimum absolute atomic E-state index is 0.443. The Balaban J connectivity index is 2.85. The van der Waals surface area contributed by atoms with Crippen LogP contribution in [0.5, 0.6) is 0 Å². The third kappa shape index (κ3) is 1.90. The minimum atomic E-state index is 0.443. The molecule has 0 amide bonds. The normalized spacial score (nSPS) is 12.5. The highest BCUT2D eigenvalue weighted by Crippen LogP contribution is 2.20. The van der Waals surface area contributed by atoms with Gasteiger partial charge < -0.3 is 0 Å². The molecule has 1 unspecified atom stereocenters. The third-order valence-corrected chi connectivity index (χ3v) is 1.95. The zero-order chi connectivity index (χ0) is 8.27. The summed E-state index contributed by atoms with van der Waals surface area (Å²) in [5, 5.41) is 0. The van der Waals surface area contributed by atoms with Gasteiger partial charge in [-0.15, -0.1) is 0 Å². The average Bonchev–Trinajstić information content (AvgIpc) is 2.05. The monoisotopic (exact) mass is 147 g/mol. The van der Waals surface area contributed by atoms with Gasteiger partial charge in [0.2, 0.25) is 0 Å². The van der Waals surface area contributed by atoms with Crippen LogP contribution in [0.4, 0.5) is 0 Å². The molecule has 0 aliphatic carbocycles. The van der Waals surface area contributed by atoms with Crippen LogP contribution in [0.15, 0.2) is 36.7 Å². The number of pyridine rings is 1. The first-order chi connectivity index (χ1) is 5.22. The summed E-state index contributed by atoms with van der Waals surface area (Å²) in [5.74, 6) is 0.443. The Morgan fingerprint density at radius 2 is 2.00 bits per heavy atom. The van der Waals surface area contributed by atoms with Crippen molar-refractivity contribution in [1.82, 2.24) is 4.98 Å². The van der Waals surface area contributed by atoms with E-state index in [2.05, 4.69) is 18.5 Å². The van der Waals surface area contributed by atoms with E-state index in [0.717, 1.165) is 0 Å². The van der Waals surface area contributed by atoms with Crippen LogP contribution in [0.3, 0.4) is 0 Å². The topological polar surface area (TPSA) is 12.9 Å². The SMILES string of the molecule is C=C(C)C(C)c1ccncc1. The molecule has 1 aromatic rings. The Labute approximate surface area is 67.8 Å². The summed E-state index contributed by atoms with van der Waals surface area (Å²) in [6, 6.07) is 4.05.